The molecular weight excluding hydrogens is 330 g/mol. The van der Waals surface area contributed by atoms with Gasteiger partial charge in [-0.3, -0.25) is 9.78 Å². The minimum atomic E-state index is -1.18. The third-order valence-electron chi connectivity index (χ3n) is 3.37. The lowest BCUT2D eigenvalue weighted by Gasteiger charge is -2.28. The molecule has 2 N–H and O–H groups in total. The number of rotatable bonds is 4. The SMILES string of the molecule is CC(C)(C)OC(=O)NC(C(=O)N1CCSC1)C(O)c1ccncc1. The van der Waals surface area contributed by atoms with Crippen LogP contribution in [-0.2, 0) is 9.53 Å². The average molecular weight is 353 g/mol. The predicted molar refractivity (Wildman–Crippen MR) is 91.4 cm³/mol. The van der Waals surface area contributed by atoms with Gasteiger partial charge in [0, 0.05) is 24.7 Å². The molecule has 0 aromatic carbocycles. The van der Waals surface area contributed by atoms with Crippen molar-refractivity contribution in [2.24, 2.45) is 0 Å². The van der Waals surface area contributed by atoms with Crippen molar-refractivity contribution in [3.8, 4) is 0 Å². The largest absolute Gasteiger partial charge is 0.444 e. The van der Waals surface area contributed by atoms with Crippen molar-refractivity contribution in [1.29, 1.82) is 0 Å². The monoisotopic (exact) mass is 353 g/mol. The van der Waals surface area contributed by atoms with Gasteiger partial charge in [0.1, 0.15) is 17.7 Å². The van der Waals surface area contributed by atoms with E-state index in [1.54, 1.807) is 49.6 Å². The van der Waals surface area contributed by atoms with E-state index in [9.17, 15) is 14.7 Å². The van der Waals surface area contributed by atoms with Gasteiger partial charge in [-0.05, 0) is 38.5 Å². The van der Waals surface area contributed by atoms with Crippen LogP contribution < -0.4 is 5.32 Å². The second-order valence-corrected chi connectivity index (χ2v) is 7.56. The Labute approximate surface area is 145 Å². The topological polar surface area (TPSA) is 91.8 Å². The summed E-state index contributed by atoms with van der Waals surface area (Å²) in [7, 11) is 0. The number of thioether (sulfide) groups is 1. The van der Waals surface area contributed by atoms with Gasteiger partial charge < -0.3 is 20.1 Å². The van der Waals surface area contributed by atoms with E-state index >= 15 is 0 Å². The molecule has 132 valence electrons. The molecule has 1 aromatic rings. The highest BCUT2D eigenvalue weighted by molar-refractivity contribution is 7.99. The second-order valence-electron chi connectivity index (χ2n) is 6.49. The summed E-state index contributed by atoms with van der Waals surface area (Å²) in [4.78, 5) is 30.3. The van der Waals surface area contributed by atoms with Crippen LogP contribution in [0.4, 0.5) is 4.79 Å². The van der Waals surface area contributed by atoms with Gasteiger partial charge >= 0.3 is 6.09 Å². The van der Waals surface area contributed by atoms with Crippen LogP contribution in [-0.4, -0.2) is 56.8 Å². The van der Waals surface area contributed by atoms with Gasteiger partial charge in [-0.15, -0.1) is 11.8 Å². The van der Waals surface area contributed by atoms with E-state index in [-0.39, 0.29) is 5.91 Å². The minimum Gasteiger partial charge on any atom is -0.444 e. The maximum atomic E-state index is 12.7. The summed E-state index contributed by atoms with van der Waals surface area (Å²) in [5.74, 6) is 1.07. The van der Waals surface area contributed by atoms with Gasteiger partial charge in [0.15, 0.2) is 0 Å². The molecule has 2 rings (SSSR count). The van der Waals surface area contributed by atoms with Crippen molar-refractivity contribution in [1.82, 2.24) is 15.2 Å². The molecule has 0 radical (unpaired) electrons. The van der Waals surface area contributed by atoms with Crippen molar-refractivity contribution < 1.29 is 19.4 Å². The Bertz CT molecular complexity index is 570. The van der Waals surface area contributed by atoms with Crippen molar-refractivity contribution in [3.63, 3.8) is 0 Å². The van der Waals surface area contributed by atoms with Crippen LogP contribution >= 0.6 is 11.8 Å². The molecule has 0 spiro atoms. The number of aliphatic hydroxyl groups is 1. The van der Waals surface area contributed by atoms with Gasteiger partial charge in [-0.2, -0.15) is 0 Å². The maximum Gasteiger partial charge on any atom is 0.408 e. The molecule has 2 atom stereocenters. The number of carbonyl (C=O) groups excluding carboxylic acids is 2. The van der Waals surface area contributed by atoms with Crippen LogP contribution in [0.15, 0.2) is 24.5 Å². The number of amides is 2. The molecule has 2 unspecified atom stereocenters. The molecule has 0 aliphatic carbocycles. The van der Waals surface area contributed by atoms with Crippen LogP contribution in [0.1, 0.15) is 32.4 Å². The molecule has 24 heavy (non-hydrogen) atoms. The van der Waals surface area contributed by atoms with Crippen molar-refractivity contribution >= 4 is 23.8 Å². The molecule has 1 aliphatic rings. The number of aliphatic hydroxyl groups excluding tert-OH is 1. The number of ether oxygens (including phenoxy) is 1. The van der Waals surface area contributed by atoms with Gasteiger partial charge in [0.25, 0.3) is 0 Å². The summed E-state index contributed by atoms with van der Waals surface area (Å²) >= 11 is 1.63. The highest BCUT2D eigenvalue weighted by Crippen LogP contribution is 2.22. The number of nitrogens with one attached hydrogen (secondary N) is 1. The Morgan fingerprint density at radius 2 is 2.04 bits per heavy atom. The molecule has 0 bridgehead atoms. The molecule has 1 aromatic heterocycles. The summed E-state index contributed by atoms with van der Waals surface area (Å²) in [6.07, 6.45) is 1.14. The van der Waals surface area contributed by atoms with Gasteiger partial charge in [0.05, 0.1) is 5.88 Å². The Morgan fingerprint density at radius 3 is 2.58 bits per heavy atom. The van der Waals surface area contributed by atoms with E-state index in [1.165, 1.54) is 12.4 Å². The minimum absolute atomic E-state index is 0.324. The van der Waals surface area contributed by atoms with Crippen molar-refractivity contribution in [3.05, 3.63) is 30.1 Å². The average Bonchev–Trinajstić information content (AvgIpc) is 3.05. The van der Waals surface area contributed by atoms with Crippen molar-refractivity contribution in [2.75, 3.05) is 18.2 Å². The molecule has 2 heterocycles. The molecule has 7 nitrogen and oxygen atoms in total. The van der Waals surface area contributed by atoms with Crippen LogP contribution in [0, 0.1) is 0 Å². The predicted octanol–water partition coefficient (Wildman–Crippen LogP) is 1.54. The van der Waals surface area contributed by atoms with Gasteiger partial charge in [-0.25, -0.2) is 4.79 Å². The van der Waals surface area contributed by atoms with Crippen LogP contribution in [0.5, 0.6) is 0 Å². The number of carbonyl (C=O) groups is 2. The highest BCUT2D eigenvalue weighted by Gasteiger charge is 2.35. The number of aromatic nitrogens is 1. The van der Waals surface area contributed by atoms with Crippen molar-refractivity contribution in [2.45, 2.75) is 38.5 Å². The quantitative estimate of drug-likeness (QED) is 0.853. The van der Waals surface area contributed by atoms with Crippen LogP contribution in [0.25, 0.3) is 0 Å². The first-order chi connectivity index (χ1) is 11.3. The fourth-order valence-corrected chi connectivity index (χ4v) is 3.20. The molecular formula is C16H23N3O4S. The van der Waals surface area contributed by atoms with E-state index in [0.717, 1.165) is 5.75 Å². The lowest BCUT2D eigenvalue weighted by Crippen LogP contribution is -2.52. The number of pyridine rings is 1. The van der Waals surface area contributed by atoms with E-state index in [1.807, 2.05) is 0 Å². The number of hydrogen-bond donors (Lipinski definition) is 2. The smallest absolute Gasteiger partial charge is 0.408 e. The zero-order valence-corrected chi connectivity index (χ0v) is 14.9. The van der Waals surface area contributed by atoms with Gasteiger partial charge in [0.2, 0.25) is 5.91 Å². The highest BCUT2D eigenvalue weighted by atomic mass is 32.2. The number of nitrogens with zero attached hydrogens (tertiary/aromatic N) is 2. The van der Waals surface area contributed by atoms with Gasteiger partial charge in [-0.1, -0.05) is 0 Å². The Morgan fingerprint density at radius 1 is 1.38 bits per heavy atom. The Hall–Kier alpha value is -1.80. The Balaban J connectivity index is 2.17. The van der Waals surface area contributed by atoms with E-state index in [0.29, 0.717) is 18.0 Å². The summed E-state index contributed by atoms with van der Waals surface area (Å²) in [5, 5.41) is 13.1. The van der Waals surface area contributed by atoms with E-state index < -0.39 is 23.8 Å². The standard InChI is InChI=1S/C16H23N3O4S/c1-16(2,3)23-15(22)18-12(14(21)19-8-9-24-10-19)13(20)11-4-6-17-7-5-11/h4-7,12-13,20H,8-10H2,1-3H3,(H,18,22). The summed E-state index contributed by atoms with van der Waals surface area (Å²) in [6.45, 7) is 5.80. The lowest BCUT2D eigenvalue weighted by molar-refractivity contribution is -0.135. The lowest BCUT2D eigenvalue weighted by atomic mass is 10.0. The fraction of sp³-hybridized carbons (Fsp3) is 0.562. The van der Waals surface area contributed by atoms with Crippen LogP contribution in [0.3, 0.4) is 0 Å². The molecule has 1 fully saturated rings. The summed E-state index contributed by atoms with van der Waals surface area (Å²) in [5.41, 5.74) is -0.186. The first-order valence-electron chi connectivity index (χ1n) is 7.72. The molecule has 1 saturated heterocycles. The molecule has 0 saturated carbocycles. The molecule has 2 amide bonds. The normalized spacial score (nSPS) is 17.2. The third kappa shape index (κ3) is 5.10. The second kappa shape index (κ2) is 7.85. The number of hydrogen-bond acceptors (Lipinski definition) is 6. The first kappa shape index (κ1) is 18.5. The molecule has 1 aliphatic heterocycles. The Kier molecular flexibility index (Phi) is 6.06. The zero-order chi connectivity index (χ0) is 17.7. The number of alkyl carbamates (subject to hydrolysis) is 1. The third-order valence-corrected chi connectivity index (χ3v) is 4.33. The van der Waals surface area contributed by atoms with Crippen LogP contribution in [0.2, 0.25) is 0 Å². The maximum absolute atomic E-state index is 12.7. The molecule has 8 heteroatoms. The first-order valence-corrected chi connectivity index (χ1v) is 8.87. The van der Waals surface area contributed by atoms with E-state index in [4.69, 9.17) is 4.74 Å². The summed E-state index contributed by atoms with van der Waals surface area (Å²) < 4.78 is 5.22. The van der Waals surface area contributed by atoms with E-state index in [2.05, 4.69) is 10.3 Å². The fourth-order valence-electron chi connectivity index (χ4n) is 2.25. The zero-order valence-electron chi connectivity index (χ0n) is 14.1. The summed E-state index contributed by atoms with van der Waals surface area (Å²) in [6, 6.07) is 2.11.